The Labute approximate surface area is 83.9 Å². The molecule has 0 saturated carbocycles. The molecule has 0 spiro atoms. The molecule has 0 amide bonds. The number of hydrogen-bond donors (Lipinski definition) is 1. The summed E-state index contributed by atoms with van der Waals surface area (Å²) < 4.78 is 29.3. The molecule has 0 aliphatic heterocycles. The third kappa shape index (κ3) is 2.20. The molecule has 4 nitrogen and oxygen atoms in total. The van der Waals surface area contributed by atoms with Crippen LogP contribution >= 0.6 is 0 Å². The van der Waals surface area contributed by atoms with Gasteiger partial charge in [-0.3, -0.25) is 4.79 Å². The number of carbonyl (C=O) groups excluding carboxylic acids is 1. The molecule has 0 aromatic carbocycles. The lowest BCUT2D eigenvalue weighted by Gasteiger charge is -2.06. The molecule has 0 fully saturated rings. The summed E-state index contributed by atoms with van der Waals surface area (Å²) in [4.78, 5) is 24.5. The monoisotopic (exact) mass is 217 g/mol. The Bertz CT molecular complexity index is 439. The quantitative estimate of drug-likeness (QED) is 0.762. The fraction of sp³-hybridized carbons (Fsp3) is 0.333. The average molecular weight is 217 g/mol. The zero-order valence-electron chi connectivity index (χ0n) is 8.14. The van der Waals surface area contributed by atoms with E-state index in [2.05, 4.69) is 9.72 Å². The van der Waals surface area contributed by atoms with E-state index in [0.29, 0.717) is 5.69 Å². The molecule has 0 aliphatic carbocycles. The number of halogens is 2. The Morgan fingerprint density at radius 1 is 1.53 bits per heavy atom. The van der Waals surface area contributed by atoms with Crippen molar-refractivity contribution in [3.05, 3.63) is 33.2 Å². The average Bonchev–Trinajstić information content (AvgIpc) is 2.14. The van der Waals surface area contributed by atoms with Crippen molar-refractivity contribution in [2.24, 2.45) is 0 Å². The minimum Gasteiger partial charge on any atom is -0.465 e. The van der Waals surface area contributed by atoms with Crippen LogP contribution in [0.1, 0.15) is 28.0 Å². The Morgan fingerprint density at radius 2 is 2.13 bits per heavy atom. The second-order valence-corrected chi connectivity index (χ2v) is 2.90. The van der Waals surface area contributed by atoms with E-state index in [1.54, 1.807) is 0 Å². The van der Waals surface area contributed by atoms with Crippen molar-refractivity contribution in [1.82, 2.24) is 4.98 Å². The van der Waals surface area contributed by atoms with Gasteiger partial charge in [0.25, 0.3) is 12.0 Å². The van der Waals surface area contributed by atoms with Gasteiger partial charge in [0.2, 0.25) is 0 Å². The number of aromatic amines is 1. The molecule has 1 N–H and O–H groups in total. The van der Waals surface area contributed by atoms with E-state index in [4.69, 9.17) is 0 Å². The van der Waals surface area contributed by atoms with Gasteiger partial charge < -0.3 is 9.72 Å². The molecule has 1 aromatic heterocycles. The Hall–Kier alpha value is -1.72. The van der Waals surface area contributed by atoms with E-state index < -0.39 is 29.1 Å². The maximum atomic E-state index is 12.5. The van der Waals surface area contributed by atoms with Gasteiger partial charge in [-0.25, -0.2) is 13.6 Å². The highest BCUT2D eigenvalue weighted by molar-refractivity contribution is 5.91. The number of carbonyl (C=O) groups is 1. The van der Waals surface area contributed by atoms with Crippen molar-refractivity contribution < 1.29 is 18.3 Å². The maximum Gasteiger partial charge on any atom is 0.338 e. The number of methoxy groups -OCH3 is 1. The van der Waals surface area contributed by atoms with Gasteiger partial charge in [0.1, 0.15) is 0 Å². The Morgan fingerprint density at radius 3 is 2.60 bits per heavy atom. The van der Waals surface area contributed by atoms with Gasteiger partial charge in [-0.15, -0.1) is 0 Å². The third-order valence-electron chi connectivity index (χ3n) is 1.83. The van der Waals surface area contributed by atoms with Crippen LogP contribution in [0.15, 0.2) is 10.9 Å². The lowest BCUT2D eigenvalue weighted by molar-refractivity contribution is 0.0588. The number of rotatable bonds is 2. The lowest BCUT2D eigenvalue weighted by Crippen LogP contribution is -2.20. The summed E-state index contributed by atoms with van der Waals surface area (Å²) in [6.45, 7) is 1.49. The fourth-order valence-electron chi connectivity index (χ4n) is 1.19. The first kappa shape index (κ1) is 11.4. The van der Waals surface area contributed by atoms with Crippen molar-refractivity contribution in [3.63, 3.8) is 0 Å². The Balaban J connectivity index is 3.47. The van der Waals surface area contributed by atoms with Crippen LogP contribution in [0, 0.1) is 6.92 Å². The lowest BCUT2D eigenvalue weighted by atomic mass is 10.1. The van der Waals surface area contributed by atoms with Gasteiger partial charge >= 0.3 is 5.97 Å². The minimum absolute atomic E-state index is 0.324. The number of aromatic nitrogens is 1. The standard InChI is InChI=1S/C9H9F2NO3/c1-4-3-5(9(14)15-2)6(7(10)11)8(13)12-4/h3,7H,1-2H3,(H,12,13). The highest BCUT2D eigenvalue weighted by atomic mass is 19.3. The van der Waals surface area contributed by atoms with Gasteiger partial charge in [0, 0.05) is 5.69 Å². The van der Waals surface area contributed by atoms with E-state index in [1.165, 1.54) is 6.92 Å². The number of H-pyrrole nitrogens is 1. The Kier molecular flexibility index (Phi) is 3.18. The number of pyridine rings is 1. The fourth-order valence-corrected chi connectivity index (χ4v) is 1.19. The van der Waals surface area contributed by atoms with E-state index in [1.807, 2.05) is 0 Å². The second kappa shape index (κ2) is 4.20. The SMILES string of the molecule is COC(=O)c1cc(C)[nH]c(=O)c1C(F)F. The summed E-state index contributed by atoms with van der Waals surface area (Å²) in [5.41, 5.74) is -1.89. The van der Waals surface area contributed by atoms with Crippen LogP contribution in [0.5, 0.6) is 0 Å². The maximum absolute atomic E-state index is 12.5. The van der Waals surface area contributed by atoms with Crippen LogP contribution in [0.2, 0.25) is 0 Å². The van der Waals surface area contributed by atoms with Crippen LogP contribution in [-0.2, 0) is 4.74 Å². The van der Waals surface area contributed by atoms with Gasteiger partial charge in [-0.05, 0) is 13.0 Å². The van der Waals surface area contributed by atoms with E-state index in [0.717, 1.165) is 13.2 Å². The highest BCUT2D eigenvalue weighted by Gasteiger charge is 2.23. The van der Waals surface area contributed by atoms with Crippen molar-refractivity contribution >= 4 is 5.97 Å². The molecule has 0 aliphatic rings. The first-order chi connectivity index (χ1) is 6.97. The zero-order valence-corrected chi connectivity index (χ0v) is 8.14. The molecular weight excluding hydrogens is 208 g/mol. The topological polar surface area (TPSA) is 59.2 Å². The van der Waals surface area contributed by atoms with Crippen molar-refractivity contribution in [2.45, 2.75) is 13.3 Å². The summed E-state index contributed by atoms with van der Waals surface area (Å²) in [7, 11) is 1.06. The van der Waals surface area contributed by atoms with Gasteiger partial charge in [0.05, 0.1) is 18.2 Å². The predicted molar refractivity (Wildman–Crippen MR) is 48.1 cm³/mol. The highest BCUT2D eigenvalue weighted by Crippen LogP contribution is 2.19. The van der Waals surface area contributed by atoms with Crippen LogP contribution in [-0.4, -0.2) is 18.1 Å². The summed E-state index contributed by atoms with van der Waals surface area (Å²) in [5.74, 6) is -0.945. The summed E-state index contributed by atoms with van der Waals surface area (Å²) >= 11 is 0. The molecule has 0 atom stereocenters. The van der Waals surface area contributed by atoms with E-state index >= 15 is 0 Å². The first-order valence-corrected chi connectivity index (χ1v) is 4.07. The number of nitrogens with one attached hydrogen (secondary N) is 1. The zero-order chi connectivity index (χ0) is 11.6. The van der Waals surface area contributed by atoms with Crippen LogP contribution < -0.4 is 5.56 Å². The van der Waals surface area contributed by atoms with Gasteiger partial charge in [0.15, 0.2) is 0 Å². The molecular formula is C9H9F2NO3. The smallest absolute Gasteiger partial charge is 0.338 e. The van der Waals surface area contributed by atoms with Crippen molar-refractivity contribution in [2.75, 3.05) is 7.11 Å². The third-order valence-corrected chi connectivity index (χ3v) is 1.83. The molecule has 0 radical (unpaired) electrons. The summed E-state index contributed by atoms with van der Waals surface area (Å²) in [6.07, 6.45) is -3.01. The minimum atomic E-state index is -3.01. The van der Waals surface area contributed by atoms with Crippen molar-refractivity contribution in [1.29, 1.82) is 0 Å². The first-order valence-electron chi connectivity index (χ1n) is 4.07. The summed E-state index contributed by atoms with van der Waals surface area (Å²) in [5, 5.41) is 0. The van der Waals surface area contributed by atoms with Gasteiger partial charge in [-0.1, -0.05) is 0 Å². The predicted octanol–water partition coefficient (Wildman–Crippen LogP) is 1.41. The molecule has 1 rings (SSSR count). The van der Waals surface area contributed by atoms with Crippen LogP contribution in [0.3, 0.4) is 0 Å². The normalized spacial score (nSPS) is 10.5. The largest absolute Gasteiger partial charge is 0.465 e. The van der Waals surface area contributed by atoms with Crippen LogP contribution in [0.4, 0.5) is 8.78 Å². The number of aryl methyl sites for hydroxylation is 1. The molecule has 0 bridgehead atoms. The molecule has 82 valence electrons. The molecule has 1 heterocycles. The molecule has 15 heavy (non-hydrogen) atoms. The number of esters is 1. The second-order valence-electron chi connectivity index (χ2n) is 2.90. The number of alkyl halides is 2. The number of ether oxygens (including phenoxy) is 1. The van der Waals surface area contributed by atoms with E-state index in [9.17, 15) is 18.4 Å². The van der Waals surface area contributed by atoms with Gasteiger partial charge in [-0.2, -0.15) is 0 Å². The molecule has 0 unspecified atom stereocenters. The molecule has 1 aromatic rings. The molecule has 6 heteroatoms. The summed E-state index contributed by atoms with van der Waals surface area (Å²) in [6, 6.07) is 1.16. The number of hydrogen-bond acceptors (Lipinski definition) is 3. The van der Waals surface area contributed by atoms with Crippen molar-refractivity contribution in [3.8, 4) is 0 Å². The van der Waals surface area contributed by atoms with E-state index in [-0.39, 0.29) is 0 Å². The molecule has 0 saturated heterocycles. The van der Waals surface area contributed by atoms with Crippen LogP contribution in [0.25, 0.3) is 0 Å².